The Balaban J connectivity index is 1.84. The Morgan fingerprint density at radius 2 is 2.14 bits per heavy atom. The molecule has 28 heavy (non-hydrogen) atoms. The fraction of sp³-hybridized carbons (Fsp3) is 0.500. The maximum atomic E-state index is 15.1. The molecular formula is C20H23BrFN3O3. The molecule has 1 aliphatic carbocycles. The fourth-order valence-corrected chi connectivity index (χ4v) is 4.92. The van der Waals surface area contributed by atoms with Crippen molar-refractivity contribution in [3.8, 4) is 0 Å². The van der Waals surface area contributed by atoms with Gasteiger partial charge in [0, 0.05) is 25.3 Å². The van der Waals surface area contributed by atoms with Crippen molar-refractivity contribution in [2.24, 2.45) is 5.92 Å². The minimum Gasteiger partial charge on any atom is -0.477 e. The van der Waals surface area contributed by atoms with E-state index >= 15 is 4.39 Å². The highest BCUT2D eigenvalue weighted by Crippen LogP contribution is 2.43. The molecular weight excluding hydrogens is 429 g/mol. The first-order valence-corrected chi connectivity index (χ1v) is 10.5. The van der Waals surface area contributed by atoms with Crippen LogP contribution in [0, 0.1) is 11.7 Å². The standard InChI is InChI=1S/C20H23BrFN3O3/c1-2-23-8-11-5-6-24(9-11)18-15(22)7-13-17(16(18)21)25(12-3-4-12)10-14(19(13)26)20(27)28/h7,10-12,23H,2-6,8-9H2,1H3,(H,27,28). The molecule has 4 rings (SSSR count). The number of benzene rings is 1. The Bertz CT molecular complexity index is 1000. The molecule has 1 aromatic heterocycles. The summed E-state index contributed by atoms with van der Waals surface area (Å²) in [5, 5.41) is 12.8. The average molecular weight is 452 g/mol. The highest BCUT2D eigenvalue weighted by Gasteiger charge is 2.31. The number of anilines is 1. The summed E-state index contributed by atoms with van der Waals surface area (Å²) in [6.07, 6.45) is 4.23. The van der Waals surface area contributed by atoms with E-state index in [-0.39, 0.29) is 17.0 Å². The SMILES string of the molecule is CCNCC1CCN(c2c(F)cc3c(=O)c(C(=O)O)cn(C4CC4)c3c2Br)C1. The van der Waals surface area contributed by atoms with Gasteiger partial charge in [0.1, 0.15) is 11.4 Å². The largest absolute Gasteiger partial charge is 0.477 e. The number of pyridine rings is 1. The Hall–Kier alpha value is -1.93. The normalized spacial score (nSPS) is 19.5. The summed E-state index contributed by atoms with van der Waals surface area (Å²) in [6, 6.07) is 1.36. The van der Waals surface area contributed by atoms with Crippen LogP contribution in [0.15, 0.2) is 21.5 Å². The van der Waals surface area contributed by atoms with E-state index < -0.39 is 17.2 Å². The minimum atomic E-state index is -1.28. The maximum absolute atomic E-state index is 15.1. The first-order chi connectivity index (χ1) is 13.4. The lowest BCUT2D eigenvalue weighted by molar-refractivity contribution is 0.0695. The van der Waals surface area contributed by atoms with Crippen molar-refractivity contribution in [2.45, 2.75) is 32.2 Å². The molecule has 1 unspecified atom stereocenters. The number of aromatic carboxylic acids is 1. The lowest BCUT2D eigenvalue weighted by atomic mass is 10.1. The summed E-state index contributed by atoms with van der Waals surface area (Å²) < 4.78 is 17.5. The minimum absolute atomic E-state index is 0.114. The summed E-state index contributed by atoms with van der Waals surface area (Å²) in [4.78, 5) is 26.2. The Morgan fingerprint density at radius 1 is 1.39 bits per heavy atom. The summed E-state index contributed by atoms with van der Waals surface area (Å²) in [6.45, 7) is 5.36. The van der Waals surface area contributed by atoms with Gasteiger partial charge in [-0.3, -0.25) is 4.79 Å². The zero-order valence-electron chi connectivity index (χ0n) is 15.7. The molecule has 1 saturated heterocycles. The number of hydrogen-bond donors (Lipinski definition) is 2. The van der Waals surface area contributed by atoms with Crippen LogP contribution >= 0.6 is 15.9 Å². The van der Waals surface area contributed by atoms with Crippen LogP contribution in [-0.2, 0) is 0 Å². The third-order valence-electron chi connectivity index (χ3n) is 5.64. The van der Waals surface area contributed by atoms with Gasteiger partial charge in [-0.15, -0.1) is 0 Å². The molecule has 8 heteroatoms. The highest BCUT2D eigenvalue weighted by atomic mass is 79.9. The smallest absolute Gasteiger partial charge is 0.341 e. The highest BCUT2D eigenvalue weighted by molar-refractivity contribution is 9.10. The average Bonchev–Trinajstić information content (AvgIpc) is 3.39. The summed E-state index contributed by atoms with van der Waals surface area (Å²) in [5.41, 5.74) is 0.0923. The molecule has 1 aliphatic heterocycles. The lowest BCUT2D eigenvalue weighted by Crippen LogP contribution is -2.27. The van der Waals surface area contributed by atoms with Crippen molar-refractivity contribution in [1.29, 1.82) is 0 Å². The van der Waals surface area contributed by atoms with E-state index in [0.29, 0.717) is 21.6 Å². The van der Waals surface area contributed by atoms with Crippen LogP contribution in [-0.4, -0.2) is 41.8 Å². The van der Waals surface area contributed by atoms with Crippen molar-refractivity contribution < 1.29 is 14.3 Å². The van der Waals surface area contributed by atoms with Gasteiger partial charge in [0.15, 0.2) is 0 Å². The van der Waals surface area contributed by atoms with Gasteiger partial charge in [-0.25, -0.2) is 9.18 Å². The van der Waals surface area contributed by atoms with Crippen LogP contribution in [0.3, 0.4) is 0 Å². The van der Waals surface area contributed by atoms with E-state index in [4.69, 9.17) is 0 Å². The third-order valence-corrected chi connectivity index (χ3v) is 6.39. The number of carboxylic acid groups (broad SMARTS) is 1. The fourth-order valence-electron chi connectivity index (χ4n) is 4.07. The second kappa shape index (κ2) is 7.48. The Morgan fingerprint density at radius 3 is 2.79 bits per heavy atom. The van der Waals surface area contributed by atoms with Gasteiger partial charge in [0.25, 0.3) is 0 Å². The van der Waals surface area contributed by atoms with E-state index in [0.717, 1.165) is 45.4 Å². The van der Waals surface area contributed by atoms with E-state index in [1.54, 1.807) is 0 Å². The van der Waals surface area contributed by atoms with Crippen LogP contribution in [0.4, 0.5) is 10.1 Å². The topological polar surface area (TPSA) is 74.6 Å². The predicted octanol–water partition coefficient (Wildman–Crippen LogP) is 3.37. The van der Waals surface area contributed by atoms with Crippen molar-refractivity contribution in [3.05, 3.63) is 38.3 Å². The van der Waals surface area contributed by atoms with Gasteiger partial charge in [-0.1, -0.05) is 6.92 Å². The molecule has 2 N–H and O–H groups in total. The van der Waals surface area contributed by atoms with Crippen LogP contribution < -0.4 is 15.6 Å². The van der Waals surface area contributed by atoms with Gasteiger partial charge in [0.2, 0.25) is 5.43 Å². The van der Waals surface area contributed by atoms with Crippen LogP contribution in [0.1, 0.15) is 42.6 Å². The molecule has 2 aliphatic rings. The second-order valence-electron chi connectivity index (χ2n) is 7.64. The second-order valence-corrected chi connectivity index (χ2v) is 8.43. The molecule has 0 spiro atoms. The van der Waals surface area contributed by atoms with Gasteiger partial charge >= 0.3 is 5.97 Å². The number of carboxylic acids is 1. The zero-order valence-corrected chi connectivity index (χ0v) is 17.3. The number of nitrogens with one attached hydrogen (secondary N) is 1. The summed E-state index contributed by atoms with van der Waals surface area (Å²) in [7, 11) is 0. The molecule has 0 radical (unpaired) electrons. The molecule has 150 valence electrons. The maximum Gasteiger partial charge on any atom is 0.341 e. The van der Waals surface area contributed by atoms with Gasteiger partial charge in [-0.2, -0.15) is 0 Å². The zero-order chi connectivity index (χ0) is 20.0. The van der Waals surface area contributed by atoms with Gasteiger partial charge < -0.3 is 19.9 Å². The number of fused-ring (bicyclic) bond motifs is 1. The molecule has 0 bridgehead atoms. The first kappa shape index (κ1) is 19.4. The molecule has 1 saturated carbocycles. The summed E-state index contributed by atoms with van der Waals surface area (Å²) in [5.74, 6) is -1.33. The molecule has 2 aromatic rings. The molecule has 6 nitrogen and oxygen atoms in total. The van der Waals surface area contributed by atoms with Gasteiger partial charge in [0.05, 0.1) is 21.1 Å². The number of hydrogen-bond acceptors (Lipinski definition) is 4. The van der Waals surface area contributed by atoms with Gasteiger partial charge in [-0.05, 0) is 60.3 Å². The van der Waals surface area contributed by atoms with E-state index in [9.17, 15) is 14.7 Å². The van der Waals surface area contributed by atoms with Crippen LogP contribution in [0.2, 0.25) is 0 Å². The quantitative estimate of drug-likeness (QED) is 0.703. The Kier molecular flexibility index (Phi) is 5.18. The number of rotatable bonds is 6. The van der Waals surface area contributed by atoms with Crippen LogP contribution in [0.5, 0.6) is 0 Å². The van der Waals surface area contributed by atoms with E-state index in [2.05, 4.69) is 28.2 Å². The molecule has 1 atom stereocenters. The predicted molar refractivity (Wildman–Crippen MR) is 110 cm³/mol. The monoisotopic (exact) mass is 451 g/mol. The molecule has 2 heterocycles. The molecule has 2 fully saturated rings. The van der Waals surface area contributed by atoms with E-state index in [1.807, 2.05) is 9.47 Å². The number of aromatic nitrogens is 1. The Labute approximate surface area is 170 Å². The molecule has 0 amide bonds. The van der Waals surface area contributed by atoms with Crippen molar-refractivity contribution >= 4 is 38.5 Å². The lowest BCUT2D eigenvalue weighted by Gasteiger charge is -2.23. The van der Waals surface area contributed by atoms with Crippen molar-refractivity contribution in [3.63, 3.8) is 0 Å². The van der Waals surface area contributed by atoms with Crippen LogP contribution in [0.25, 0.3) is 10.9 Å². The van der Waals surface area contributed by atoms with Crippen molar-refractivity contribution in [1.82, 2.24) is 9.88 Å². The number of nitrogens with zero attached hydrogens (tertiary/aromatic N) is 2. The number of carbonyl (C=O) groups is 1. The first-order valence-electron chi connectivity index (χ1n) is 9.68. The summed E-state index contributed by atoms with van der Waals surface area (Å²) >= 11 is 3.55. The third kappa shape index (κ3) is 3.33. The number of halogens is 2. The van der Waals surface area contributed by atoms with Crippen molar-refractivity contribution in [2.75, 3.05) is 31.1 Å². The van der Waals surface area contributed by atoms with E-state index in [1.165, 1.54) is 12.3 Å². The molecule has 1 aromatic carbocycles.